The minimum Gasteiger partial charge on any atom is -0.0732 e. The second kappa shape index (κ2) is 7.51. The normalized spacial score (nSPS) is 26.5. The fourth-order valence-corrected chi connectivity index (χ4v) is 4.70. The average Bonchev–Trinajstić information content (AvgIpc) is 2.78. The molecule has 2 atom stereocenters. The monoisotopic (exact) mass is 308 g/mol. The third-order valence-corrected chi connectivity index (χ3v) is 6.03. The number of allylic oxidation sites excluding steroid dienone is 10. The predicted molar refractivity (Wildman–Crippen MR) is 101 cm³/mol. The van der Waals surface area contributed by atoms with E-state index in [1.165, 1.54) is 55.2 Å². The van der Waals surface area contributed by atoms with E-state index in [1.807, 2.05) is 0 Å². The first-order valence-corrected chi connectivity index (χ1v) is 9.72. The first-order chi connectivity index (χ1) is 11.2. The van der Waals surface area contributed by atoms with Crippen LogP contribution in [0.4, 0.5) is 0 Å². The molecular formula is C23H32. The molecule has 0 bridgehead atoms. The van der Waals surface area contributed by atoms with Crippen LogP contribution in [0, 0.1) is 17.8 Å². The van der Waals surface area contributed by atoms with Gasteiger partial charge in [-0.25, -0.2) is 0 Å². The molecule has 0 heterocycles. The van der Waals surface area contributed by atoms with Crippen molar-refractivity contribution in [3.8, 4) is 0 Å². The van der Waals surface area contributed by atoms with Crippen molar-refractivity contribution < 1.29 is 0 Å². The Balaban J connectivity index is 1.88. The van der Waals surface area contributed by atoms with Gasteiger partial charge in [0.1, 0.15) is 0 Å². The SMILES string of the molecule is CCC1=CC=CC2C=C(C(CC)C3CCCCC3)C(C)=CC2=C1. The Kier molecular flexibility index (Phi) is 5.41. The molecule has 3 aliphatic rings. The molecule has 2 unspecified atom stereocenters. The zero-order chi connectivity index (χ0) is 16.2. The fourth-order valence-electron chi connectivity index (χ4n) is 4.70. The molecule has 0 saturated heterocycles. The summed E-state index contributed by atoms with van der Waals surface area (Å²) in [6, 6.07) is 0. The lowest BCUT2D eigenvalue weighted by Crippen LogP contribution is -2.22. The first-order valence-electron chi connectivity index (χ1n) is 9.72. The lowest BCUT2D eigenvalue weighted by atomic mass is 9.71. The maximum absolute atomic E-state index is 2.58. The summed E-state index contributed by atoms with van der Waals surface area (Å²) >= 11 is 0. The molecule has 0 aromatic heterocycles. The second-order valence-corrected chi connectivity index (χ2v) is 7.51. The molecule has 23 heavy (non-hydrogen) atoms. The minimum absolute atomic E-state index is 0.478. The van der Waals surface area contributed by atoms with Gasteiger partial charge in [0.15, 0.2) is 0 Å². The van der Waals surface area contributed by atoms with Crippen molar-refractivity contribution in [2.24, 2.45) is 17.8 Å². The van der Waals surface area contributed by atoms with Crippen molar-refractivity contribution in [1.29, 1.82) is 0 Å². The van der Waals surface area contributed by atoms with Gasteiger partial charge in [-0.15, -0.1) is 0 Å². The van der Waals surface area contributed by atoms with Crippen LogP contribution in [0.15, 0.2) is 58.7 Å². The van der Waals surface area contributed by atoms with Crippen molar-refractivity contribution in [2.45, 2.75) is 65.7 Å². The predicted octanol–water partition coefficient (Wildman–Crippen LogP) is 6.93. The summed E-state index contributed by atoms with van der Waals surface area (Å²) < 4.78 is 0. The Morgan fingerprint density at radius 3 is 2.57 bits per heavy atom. The summed E-state index contributed by atoms with van der Waals surface area (Å²) in [5.41, 5.74) is 6.08. The van der Waals surface area contributed by atoms with E-state index < -0.39 is 0 Å². The van der Waals surface area contributed by atoms with Crippen molar-refractivity contribution in [2.75, 3.05) is 0 Å². The molecule has 0 aromatic rings. The van der Waals surface area contributed by atoms with Crippen molar-refractivity contribution in [1.82, 2.24) is 0 Å². The van der Waals surface area contributed by atoms with E-state index in [-0.39, 0.29) is 0 Å². The van der Waals surface area contributed by atoms with Gasteiger partial charge in [0, 0.05) is 5.92 Å². The standard InChI is InChI=1S/C23H32/c1-4-18-10-9-13-20-16-23(17(3)14-21(20)15-18)22(5-2)19-11-7-6-8-12-19/h9-10,13-16,19-20,22H,4-8,11-12H2,1-3H3. The van der Waals surface area contributed by atoms with Crippen LogP contribution in [0.3, 0.4) is 0 Å². The van der Waals surface area contributed by atoms with Crippen LogP contribution in [0.1, 0.15) is 65.7 Å². The van der Waals surface area contributed by atoms with Crippen LogP contribution in [-0.2, 0) is 0 Å². The van der Waals surface area contributed by atoms with Gasteiger partial charge < -0.3 is 0 Å². The Labute approximate surface area is 142 Å². The van der Waals surface area contributed by atoms with E-state index in [1.54, 1.807) is 5.57 Å². The molecule has 0 aromatic carbocycles. The fraction of sp³-hybridized carbons (Fsp3) is 0.565. The molecule has 0 nitrogen and oxygen atoms in total. The molecule has 0 radical (unpaired) electrons. The molecule has 1 fully saturated rings. The number of hydrogen-bond acceptors (Lipinski definition) is 0. The van der Waals surface area contributed by atoms with Gasteiger partial charge in [-0.05, 0) is 66.7 Å². The lowest BCUT2D eigenvalue weighted by Gasteiger charge is -2.34. The zero-order valence-electron chi connectivity index (χ0n) is 15.1. The topological polar surface area (TPSA) is 0 Å². The van der Waals surface area contributed by atoms with Gasteiger partial charge >= 0.3 is 0 Å². The highest BCUT2D eigenvalue weighted by Crippen LogP contribution is 2.42. The van der Waals surface area contributed by atoms with E-state index in [0.717, 1.165) is 18.3 Å². The lowest BCUT2D eigenvalue weighted by molar-refractivity contribution is 0.271. The van der Waals surface area contributed by atoms with E-state index in [4.69, 9.17) is 0 Å². The van der Waals surface area contributed by atoms with E-state index >= 15 is 0 Å². The molecule has 0 N–H and O–H groups in total. The quantitative estimate of drug-likeness (QED) is 0.528. The third kappa shape index (κ3) is 3.62. The highest BCUT2D eigenvalue weighted by atomic mass is 14.3. The van der Waals surface area contributed by atoms with Gasteiger partial charge in [0.25, 0.3) is 0 Å². The maximum atomic E-state index is 2.58. The molecule has 3 aliphatic carbocycles. The summed E-state index contributed by atoms with van der Waals surface area (Å²) in [4.78, 5) is 0. The second-order valence-electron chi connectivity index (χ2n) is 7.51. The van der Waals surface area contributed by atoms with Crippen LogP contribution < -0.4 is 0 Å². The Hall–Kier alpha value is -1.30. The average molecular weight is 309 g/mol. The van der Waals surface area contributed by atoms with Gasteiger partial charge in [-0.1, -0.05) is 69.6 Å². The molecule has 3 rings (SSSR count). The Morgan fingerprint density at radius 1 is 1.09 bits per heavy atom. The molecule has 0 heteroatoms. The van der Waals surface area contributed by atoms with Crippen LogP contribution >= 0.6 is 0 Å². The van der Waals surface area contributed by atoms with Gasteiger partial charge in [-0.3, -0.25) is 0 Å². The Morgan fingerprint density at radius 2 is 1.87 bits per heavy atom. The minimum atomic E-state index is 0.478. The first kappa shape index (κ1) is 16.6. The van der Waals surface area contributed by atoms with E-state index in [0.29, 0.717) is 5.92 Å². The summed E-state index contributed by atoms with van der Waals surface area (Å²) in [7, 11) is 0. The van der Waals surface area contributed by atoms with Crippen molar-refractivity contribution in [3.05, 3.63) is 58.7 Å². The van der Waals surface area contributed by atoms with Crippen LogP contribution in [0.5, 0.6) is 0 Å². The summed E-state index contributed by atoms with van der Waals surface area (Å²) in [6.45, 7) is 6.96. The summed E-state index contributed by atoms with van der Waals surface area (Å²) in [6.07, 6.45) is 24.0. The van der Waals surface area contributed by atoms with Crippen molar-refractivity contribution in [3.63, 3.8) is 0 Å². The van der Waals surface area contributed by atoms with Crippen molar-refractivity contribution >= 4 is 0 Å². The van der Waals surface area contributed by atoms with Crippen LogP contribution in [0.2, 0.25) is 0 Å². The van der Waals surface area contributed by atoms with E-state index in [9.17, 15) is 0 Å². The van der Waals surface area contributed by atoms with E-state index in [2.05, 4.69) is 57.2 Å². The maximum Gasteiger partial charge on any atom is 0.0207 e. The van der Waals surface area contributed by atoms with Crippen LogP contribution in [0.25, 0.3) is 0 Å². The number of fused-ring (bicyclic) bond motifs is 1. The molecule has 1 saturated carbocycles. The molecule has 0 aliphatic heterocycles. The number of rotatable bonds is 4. The van der Waals surface area contributed by atoms with Gasteiger partial charge in [0.05, 0.1) is 0 Å². The van der Waals surface area contributed by atoms with Crippen LogP contribution in [-0.4, -0.2) is 0 Å². The molecular weight excluding hydrogens is 276 g/mol. The van der Waals surface area contributed by atoms with Gasteiger partial charge in [-0.2, -0.15) is 0 Å². The highest BCUT2D eigenvalue weighted by Gasteiger charge is 2.28. The summed E-state index contributed by atoms with van der Waals surface area (Å²) in [5.74, 6) is 2.16. The highest BCUT2D eigenvalue weighted by molar-refractivity contribution is 5.51. The molecule has 124 valence electrons. The number of hydrogen-bond donors (Lipinski definition) is 0. The van der Waals surface area contributed by atoms with Gasteiger partial charge in [0.2, 0.25) is 0 Å². The molecule has 0 spiro atoms. The Bertz CT molecular complexity index is 573. The largest absolute Gasteiger partial charge is 0.0732 e. The zero-order valence-corrected chi connectivity index (χ0v) is 15.1. The smallest absolute Gasteiger partial charge is 0.0207 e. The third-order valence-electron chi connectivity index (χ3n) is 6.03. The summed E-state index contributed by atoms with van der Waals surface area (Å²) in [5, 5.41) is 0. The molecule has 0 amide bonds.